The quantitative estimate of drug-likeness (QED) is 0.184. The second-order valence-corrected chi connectivity index (χ2v) is 13.7. The van der Waals surface area contributed by atoms with Gasteiger partial charge in [-0.15, -0.1) is 0 Å². The molecule has 1 aliphatic heterocycles. The number of aromatic amines is 1. The molecule has 44 heavy (non-hydrogen) atoms. The second kappa shape index (κ2) is 13.4. The molecule has 0 bridgehead atoms. The lowest BCUT2D eigenvalue weighted by Gasteiger charge is -2.33. The van der Waals surface area contributed by atoms with Crippen molar-refractivity contribution in [2.24, 2.45) is 17.3 Å². The number of methoxy groups -OCH3 is 1. The van der Waals surface area contributed by atoms with E-state index in [1.54, 1.807) is 7.11 Å². The lowest BCUT2D eigenvalue weighted by Crippen LogP contribution is -2.38. The molecule has 236 valence electrons. The van der Waals surface area contributed by atoms with Gasteiger partial charge in [0.25, 0.3) is 0 Å². The summed E-state index contributed by atoms with van der Waals surface area (Å²) in [6.07, 6.45) is 13.7. The molecule has 0 unspecified atom stereocenters. The Balaban J connectivity index is 1.14. The van der Waals surface area contributed by atoms with Gasteiger partial charge in [-0.05, 0) is 94.8 Å². The largest absolute Gasteiger partial charge is 0.496 e. The van der Waals surface area contributed by atoms with Crippen LogP contribution in [0, 0.1) is 24.2 Å². The first-order valence-corrected chi connectivity index (χ1v) is 16.9. The Morgan fingerprint density at radius 2 is 1.95 bits per heavy atom. The Hall–Kier alpha value is -3.26. The van der Waals surface area contributed by atoms with E-state index in [0.717, 1.165) is 110 Å². The molecule has 3 fully saturated rings. The summed E-state index contributed by atoms with van der Waals surface area (Å²) in [5.74, 6) is 3.05. The zero-order valence-electron chi connectivity index (χ0n) is 26.8. The average molecular weight is 600 g/mol. The maximum Gasteiger partial charge on any atom is 0.224 e. The van der Waals surface area contributed by atoms with Gasteiger partial charge in [-0.2, -0.15) is 0 Å². The summed E-state index contributed by atoms with van der Waals surface area (Å²) in [6, 6.07) is 7.95. The number of benzene rings is 1. The minimum Gasteiger partial charge on any atom is -0.496 e. The first-order chi connectivity index (χ1) is 21.4. The van der Waals surface area contributed by atoms with Crippen molar-refractivity contribution in [3.8, 4) is 17.0 Å². The van der Waals surface area contributed by atoms with Gasteiger partial charge in [0.1, 0.15) is 17.4 Å². The van der Waals surface area contributed by atoms with Crippen LogP contribution in [0.4, 0.5) is 0 Å². The second-order valence-electron chi connectivity index (χ2n) is 13.7. The first kappa shape index (κ1) is 30.8. The summed E-state index contributed by atoms with van der Waals surface area (Å²) in [7, 11) is 1.67. The van der Waals surface area contributed by atoms with E-state index in [-0.39, 0.29) is 23.3 Å². The Bertz CT molecular complexity index is 1470. The Kier molecular flexibility index (Phi) is 9.36. The molecular formula is C36H49N5O3. The molecule has 0 radical (unpaired) electrons. The van der Waals surface area contributed by atoms with Crippen molar-refractivity contribution in [3.63, 3.8) is 0 Å². The predicted octanol–water partition coefficient (Wildman–Crippen LogP) is 6.93. The predicted molar refractivity (Wildman–Crippen MR) is 173 cm³/mol. The molecule has 3 aromatic rings. The molecule has 3 heterocycles. The van der Waals surface area contributed by atoms with Crippen molar-refractivity contribution in [2.45, 2.75) is 96.9 Å². The van der Waals surface area contributed by atoms with E-state index in [1.807, 2.05) is 25.3 Å². The summed E-state index contributed by atoms with van der Waals surface area (Å²) in [6.45, 7) is 7.54. The van der Waals surface area contributed by atoms with Crippen LogP contribution >= 0.6 is 0 Å². The Morgan fingerprint density at radius 1 is 1.14 bits per heavy atom. The van der Waals surface area contributed by atoms with Crippen molar-refractivity contribution < 1.29 is 14.3 Å². The molecular weight excluding hydrogens is 550 g/mol. The number of carbonyl (C=O) groups is 2. The molecule has 1 saturated heterocycles. The van der Waals surface area contributed by atoms with Crippen LogP contribution in [0.3, 0.4) is 0 Å². The van der Waals surface area contributed by atoms with Crippen molar-refractivity contribution in [3.05, 3.63) is 42.0 Å². The van der Waals surface area contributed by atoms with Crippen LogP contribution < -0.4 is 10.1 Å². The fourth-order valence-corrected chi connectivity index (χ4v) is 7.20. The number of piperidine rings is 1. The normalized spacial score (nSPS) is 20.1. The number of imidazole rings is 1. The van der Waals surface area contributed by atoms with E-state index in [4.69, 9.17) is 9.72 Å². The van der Waals surface area contributed by atoms with Crippen molar-refractivity contribution in [1.29, 1.82) is 0 Å². The first-order valence-electron chi connectivity index (χ1n) is 16.9. The summed E-state index contributed by atoms with van der Waals surface area (Å²) >= 11 is 0. The maximum atomic E-state index is 13.7. The van der Waals surface area contributed by atoms with Crippen LogP contribution in [0.15, 0.2) is 30.5 Å². The molecule has 1 spiro atoms. The van der Waals surface area contributed by atoms with E-state index in [0.29, 0.717) is 18.6 Å². The molecule has 3 aliphatic rings. The number of amides is 1. The molecule has 2 N–H and O–H groups in total. The van der Waals surface area contributed by atoms with Crippen LogP contribution in [-0.4, -0.2) is 58.3 Å². The standard InChI is InChI=1S/C36H49N5O3/c1-4-8-27(42)9-6-5-7-10-30(40-35(43)29-21-36(29)15-17-41(18-16-36)23-25-12-13-25)34-37-22-32(39-34)28-19-26-14-11-24(2)38-31(26)20-33(28)44-3/h11,14,19-20,22,25,29-30H,4-10,12-13,15-18,21,23H2,1-3H3,(H,37,39)(H,40,43)/t29-,30+/m1/s1. The highest BCUT2D eigenvalue weighted by molar-refractivity contribution is 5.87. The minimum absolute atomic E-state index is 0.103. The number of carbonyl (C=O) groups excluding carboxylic acids is 2. The topological polar surface area (TPSA) is 100 Å². The van der Waals surface area contributed by atoms with E-state index in [9.17, 15) is 9.59 Å². The zero-order chi connectivity index (χ0) is 30.7. The van der Waals surface area contributed by atoms with E-state index in [1.165, 1.54) is 19.4 Å². The van der Waals surface area contributed by atoms with Gasteiger partial charge >= 0.3 is 0 Å². The summed E-state index contributed by atoms with van der Waals surface area (Å²) < 4.78 is 5.76. The monoisotopic (exact) mass is 599 g/mol. The van der Waals surface area contributed by atoms with Gasteiger partial charge in [-0.1, -0.05) is 25.8 Å². The number of fused-ring (bicyclic) bond motifs is 1. The van der Waals surface area contributed by atoms with Crippen LogP contribution in [0.5, 0.6) is 5.75 Å². The van der Waals surface area contributed by atoms with Crippen LogP contribution in [0.2, 0.25) is 0 Å². The summed E-state index contributed by atoms with van der Waals surface area (Å²) in [4.78, 5) is 41.3. The number of aryl methyl sites for hydroxylation is 1. The van der Waals surface area contributed by atoms with E-state index >= 15 is 0 Å². The highest BCUT2D eigenvalue weighted by Crippen LogP contribution is 2.59. The Labute approximate surface area is 261 Å². The maximum absolute atomic E-state index is 13.7. The number of nitrogens with zero attached hydrogens (tertiary/aromatic N) is 3. The summed E-state index contributed by atoms with van der Waals surface area (Å²) in [5.41, 5.74) is 3.82. The molecule has 8 nitrogen and oxygen atoms in total. The molecule has 2 aromatic heterocycles. The van der Waals surface area contributed by atoms with Gasteiger partial charge < -0.3 is 19.9 Å². The van der Waals surface area contributed by atoms with Gasteiger partial charge in [0.15, 0.2) is 0 Å². The molecule has 2 saturated carbocycles. The third-order valence-electron chi connectivity index (χ3n) is 10.2. The number of nitrogens with one attached hydrogen (secondary N) is 2. The van der Waals surface area contributed by atoms with Gasteiger partial charge in [-0.3, -0.25) is 14.6 Å². The van der Waals surface area contributed by atoms with E-state index in [2.05, 4.69) is 39.2 Å². The van der Waals surface area contributed by atoms with Gasteiger partial charge in [-0.25, -0.2) is 4.98 Å². The highest BCUT2D eigenvalue weighted by Gasteiger charge is 2.58. The number of likely N-dealkylation sites (tertiary alicyclic amines) is 1. The highest BCUT2D eigenvalue weighted by atomic mass is 16.5. The molecule has 8 heteroatoms. The molecule has 1 aromatic carbocycles. The number of Topliss-reactive ketones (excluding diaryl/α,β-unsaturated/α-hetero) is 1. The molecule has 1 amide bonds. The number of aromatic nitrogens is 3. The fourth-order valence-electron chi connectivity index (χ4n) is 7.20. The summed E-state index contributed by atoms with van der Waals surface area (Å²) in [5, 5.41) is 4.45. The average Bonchev–Trinajstić information content (AvgIpc) is 3.92. The number of ether oxygens (including phenoxy) is 1. The number of pyridine rings is 1. The molecule has 2 aliphatic carbocycles. The smallest absolute Gasteiger partial charge is 0.224 e. The number of H-pyrrole nitrogens is 1. The van der Waals surface area contributed by atoms with Gasteiger partial charge in [0.2, 0.25) is 5.91 Å². The lowest BCUT2D eigenvalue weighted by atomic mass is 9.90. The van der Waals surface area contributed by atoms with Crippen molar-refractivity contribution in [1.82, 2.24) is 25.2 Å². The lowest BCUT2D eigenvalue weighted by molar-refractivity contribution is -0.124. The third-order valence-corrected chi connectivity index (χ3v) is 10.2. The number of hydrogen-bond acceptors (Lipinski definition) is 6. The van der Waals surface area contributed by atoms with Crippen LogP contribution in [0.25, 0.3) is 22.2 Å². The number of hydrogen-bond donors (Lipinski definition) is 2. The minimum atomic E-state index is -0.203. The number of unbranched alkanes of at least 4 members (excludes halogenated alkanes) is 2. The SMILES string of the molecule is CCCC(=O)CCCCC[C@H](NC(=O)[C@H]1CC12CCN(CC1CC1)CC2)c1ncc(-c2cc3ccc(C)nc3cc2OC)[nH]1. The zero-order valence-corrected chi connectivity index (χ0v) is 26.8. The third kappa shape index (κ3) is 7.17. The van der Waals surface area contributed by atoms with Crippen molar-refractivity contribution >= 4 is 22.6 Å². The van der Waals surface area contributed by atoms with Gasteiger partial charge in [0.05, 0.1) is 30.6 Å². The number of ketones is 1. The van der Waals surface area contributed by atoms with Crippen LogP contribution in [-0.2, 0) is 9.59 Å². The number of rotatable bonds is 15. The van der Waals surface area contributed by atoms with Gasteiger partial charge in [0, 0.05) is 48.0 Å². The molecule has 2 atom stereocenters. The van der Waals surface area contributed by atoms with Crippen LogP contribution in [0.1, 0.15) is 102 Å². The Morgan fingerprint density at radius 3 is 2.70 bits per heavy atom. The molecule has 6 rings (SSSR count). The van der Waals surface area contributed by atoms with E-state index < -0.39 is 0 Å². The fraction of sp³-hybridized carbons (Fsp3) is 0.611. The van der Waals surface area contributed by atoms with Crippen molar-refractivity contribution in [2.75, 3.05) is 26.7 Å².